The highest BCUT2D eigenvalue weighted by atomic mass is 32.2. The Labute approximate surface area is 172 Å². The largest absolute Gasteiger partial charge is 0.439 e. The van der Waals surface area contributed by atoms with E-state index in [1.165, 1.54) is 29.0 Å². The van der Waals surface area contributed by atoms with Crippen LogP contribution in [0.5, 0.6) is 11.6 Å². The highest BCUT2D eigenvalue weighted by Gasteiger charge is 2.35. The van der Waals surface area contributed by atoms with Crippen LogP contribution in [0.15, 0.2) is 30.6 Å². The van der Waals surface area contributed by atoms with Gasteiger partial charge in [0.2, 0.25) is 15.9 Å². The maximum atomic E-state index is 12.7. The van der Waals surface area contributed by atoms with E-state index < -0.39 is 21.8 Å². The third-order valence-electron chi connectivity index (χ3n) is 5.50. The van der Waals surface area contributed by atoms with Gasteiger partial charge >= 0.3 is 6.18 Å². The van der Waals surface area contributed by atoms with Crippen LogP contribution in [0.2, 0.25) is 0 Å². The molecule has 7 nitrogen and oxygen atoms in total. The second-order valence-electron chi connectivity index (χ2n) is 7.51. The van der Waals surface area contributed by atoms with Crippen molar-refractivity contribution >= 4 is 10.0 Å². The minimum absolute atomic E-state index is 0.127. The van der Waals surface area contributed by atoms with Crippen LogP contribution >= 0.6 is 0 Å². The van der Waals surface area contributed by atoms with Gasteiger partial charge in [0.25, 0.3) is 0 Å². The third kappa shape index (κ3) is 4.42. The first-order valence-corrected chi connectivity index (χ1v) is 11.3. The average molecular weight is 442 g/mol. The second-order valence-corrected chi connectivity index (χ2v) is 9.49. The van der Waals surface area contributed by atoms with Crippen LogP contribution in [0.3, 0.4) is 0 Å². The Morgan fingerprint density at radius 2 is 1.87 bits per heavy atom. The highest BCUT2D eigenvalue weighted by molar-refractivity contribution is 7.88. The minimum Gasteiger partial charge on any atom is -0.439 e. The molecule has 4 rings (SSSR count). The Morgan fingerprint density at radius 3 is 2.50 bits per heavy atom. The summed E-state index contributed by atoms with van der Waals surface area (Å²) >= 11 is 0. The van der Waals surface area contributed by atoms with E-state index in [-0.39, 0.29) is 11.8 Å². The van der Waals surface area contributed by atoms with E-state index in [2.05, 4.69) is 14.9 Å². The molecular formula is C19H21F3N4O3S. The van der Waals surface area contributed by atoms with Gasteiger partial charge in [0.05, 0.1) is 17.5 Å². The molecule has 0 radical (unpaired) electrons. The molecule has 1 saturated heterocycles. The molecule has 2 aliphatic heterocycles. The fourth-order valence-electron chi connectivity index (χ4n) is 3.88. The standard InChI is InChI=1S/C19H21F3N4O3S/c1-30(27,28)26-9-6-14(10-26)25-8-7-16-17(11-25)23-12-24-18(16)29-15-4-2-13(3-5-15)19(20,21)22/h2-5,12,14H,6-11H2,1H3. The molecule has 3 heterocycles. The van der Waals surface area contributed by atoms with E-state index in [9.17, 15) is 21.6 Å². The summed E-state index contributed by atoms with van der Waals surface area (Å²) in [5.41, 5.74) is 0.873. The number of hydrogen-bond acceptors (Lipinski definition) is 6. The molecule has 0 N–H and O–H groups in total. The Hall–Kier alpha value is -2.24. The van der Waals surface area contributed by atoms with Crippen LogP contribution in [0, 0.1) is 0 Å². The van der Waals surface area contributed by atoms with E-state index in [0.717, 1.165) is 29.8 Å². The van der Waals surface area contributed by atoms with Crippen molar-refractivity contribution in [3.8, 4) is 11.6 Å². The lowest BCUT2D eigenvalue weighted by atomic mass is 10.0. The molecule has 162 valence electrons. The number of benzene rings is 1. The maximum absolute atomic E-state index is 12.7. The molecule has 1 fully saturated rings. The van der Waals surface area contributed by atoms with E-state index in [1.807, 2.05) is 0 Å². The molecule has 2 aromatic rings. The minimum atomic E-state index is -4.40. The van der Waals surface area contributed by atoms with Gasteiger partial charge in [-0.05, 0) is 37.1 Å². The summed E-state index contributed by atoms with van der Waals surface area (Å²) in [5, 5.41) is 0. The quantitative estimate of drug-likeness (QED) is 0.725. The summed E-state index contributed by atoms with van der Waals surface area (Å²) in [6.07, 6.45) is -0.426. The van der Waals surface area contributed by atoms with Crippen LogP contribution < -0.4 is 4.74 Å². The zero-order valence-electron chi connectivity index (χ0n) is 16.3. The summed E-state index contributed by atoms with van der Waals surface area (Å²) in [7, 11) is -3.20. The van der Waals surface area contributed by atoms with Crippen molar-refractivity contribution < 1.29 is 26.3 Å². The molecule has 1 atom stereocenters. The Bertz CT molecular complexity index is 1030. The van der Waals surface area contributed by atoms with Crippen LogP contribution in [0.25, 0.3) is 0 Å². The van der Waals surface area contributed by atoms with E-state index in [0.29, 0.717) is 38.5 Å². The lowest BCUT2D eigenvalue weighted by molar-refractivity contribution is -0.137. The highest BCUT2D eigenvalue weighted by Crippen LogP contribution is 2.33. The number of aromatic nitrogens is 2. The molecule has 0 aliphatic carbocycles. The summed E-state index contributed by atoms with van der Waals surface area (Å²) < 4.78 is 68.9. The predicted molar refractivity (Wildman–Crippen MR) is 102 cm³/mol. The molecule has 0 saturated carbocycles. The van der Waals surface area contributed by atoms with Crippen molar-refractivity contribution in [3.05, 3.63) is 47.4 Å². The van der Waals surface area contributed by atoms with Crippen LogP contribution in [-0.2, 0) is 29.2 Å². The summed E-state index contributed by atoms with van der Waals surface area (Å²) in [6.45, 7) is 2.22. The molecule has 1 unspecified atom stereocenters. The van der Waals surface area contributed by atoms with Crippen LogP contribution in [0.4, 0.5) is 13.2 Å². The molecule has 11 heteroatoms. The molecule has 2 aliphatic rings. The monoisotopic (exact) mass is 442 g/mol. The normalized spacial score (nSPS) is 20.9. The van der Waals surface area contributed by atoms with Crippen LogP contribution in [0.1, 0.15) is 23.2 Å². The number of fused-ring (bicyclic) bond motifs is 1. The van der Waals surface area contributed by atoms with Gasteiger partial charge in [-0.25, -0.2) is 22.7 Å². The first kappa shape index (κ1) is 21.0. The number of hydrogen-bond donors (Lipinski definition) is 0. The number of rotatable bonds is 4. The van der Waals surface area contributed by atoms with Gasteiger partial charge in [-0.3, -0.25) is 4.90 Å². The first-order chi connectivity index (χ1) is 14.1. The van der Waals surface area contributed by atoms with Gasteiger partial charge in [-0.1, -0.05) is 0 Å². The van der Waals surface area contributed by atoms with Gasteiger partial charge in [-0.15, -0.1) is 0 Å². The maximum Gasteiger partial charge on any atom is 0.416 e. The molecule has 0 amide bonds. The van der Waals surface area contributed by atoms with Crippen molar-refractivity contribution in [1.29, 1.82) is 0 Å². The number of nitrogens with zero attached hydrogens (tertiary/aromatic N) is 4. The van der Waals surface area contributed by atoms with Crippen molar-refractivity contribution in [3.63, 3.8) is 0 Å². The third-order valence-corrected chi connectivity index (χ3v) is 6.77. The lowest BCUT2D eigenvalue weighted by Gasteiger charge is -2.33. The number of ether oxygens (including phenoxy) is 1. The number of halogens is 3. The van der Waals surface area contributed by atoms with E-state index in [1.54, 1.807) is 0 Å². The molecule has 1 aromatic heterocycles. The van der Waals surface area contributed by atoms with Crippen molar-refractivity contribution in [2.45, 2.75) is 31.6 Å². The second kappa shape index (κ2) is 7.78. The lowest BCUT2D eigenvalue weighted by Crippen LogP contribution is -2.42. The summed E-state index contributed by atoms with van der Waals surface area (Å²) in [4.78, 5) is 10.7. The molecule has 1 aromatic carbocycles. The zero-order valence-corrected chi connectivity index (χ0v) is 17.1. The predicted octanol–water partition coefficient (Wildman–Crippen LogP) is 2.68. The molecule has 30 heavy (non-hydrogen) atoms. The first-order valence-electron chi connectivity index (χ1n) is 9.48. The van der Waals surface area contributed by atoms with Crippen LogP contribution in [-0.4, -0.2) is 59.5 Å². The molecule has 0 bridgehead atoms. The SMILES string of the molecule is CS(=O)(=O)N1CCC(N2CCc3c(ncnc3Oc3ccc(C(F)(F)F)cc3)C2)C1. The zero-order chi connectivity index (χ0) is 21.5. The van der Waals surface area contributed by atoms with E-state index in [4.69, 9.17) is 4.74 Å². The fraction of sp³-hybridized carbons (Fsp3) is 0.474. The topological polar surface area (TPSA) is 75.6 Å². The Kier molecular flexibility index (Phi) is 5.45. The van der Waals surface area contributed by atoms with Gasteiger partial charge < -0.3 is 4.74 Å². The molecule has 0 spiro atoms. The van der Waals surface area contributed by atoms with Crippen molar-refractivity contribution in [2.24, 2.45) is 0 Å². The van der Waals surface area contributed by atoms with Crippen molar-refractivity contribution in [1.82, 2.24) is 19.2 Å². The summed E-state index contributed by atoms with van der Waals surface area (Å²) in [5.74, 6) is 0.606. The fourth-order valence-corrected chi connectivity index (χ4v) is 4.76. The van der Waals surface area contributed by atoms with Gasteiger partial charge in [0, 0.05) is 37.8 Å². The van der Waals surface area contributed by atoms with Gasteiger partial charge in [-0.2, -0.15) is 13.2 Å². The average Bonchev–Trinajstić information content (AvgIpc) is 3.18. The Morgan fingerprint density at radius 1 is 1.13 bits per heavy atom. The van der Waals surface area contributed by atoms with E-state index >= 15 is 0 Å². The molecular weight excluding hydrogens is 421 g/mol. The van der Waals surface area contributed by atoms with Crippen molar-refractivity contribution in [2.75, 3.05) is 25.9 Å². The number of sulfonamides is 1. The van der Waals surface area contributed by atoms with Gasteiger partial charge in [0.1, 0.15) is 12.1 Å². The smallest absolute Gasteiger partial charge is 0.416 e. The Balaban J connectivity index is 1.47. The summed E-state index contributed by atoms with van der Waals surface area (Å²) in [6, 6.07) is 4.61. The van der Waals surface area contributed by atoms with Gasteiger partial charge in [0.15, 0.2) is 0 Å². The number of alkyl halides is 3.